The molecular formula is C71H128O6. The lowest BCUT2D eigenvalue weighted by Gasteiger charge is -2.18. The minimum absolute atomic E-state index is 0.0690. The molecule has 0 aromatic rings. The molecule has 0 saturated carbocycles. The zero-order valence-corrected chi connectivity index (χ0v) is 51.5. The Bertz CT molecular complexity index is 1380. The Hall–Kier alpha value is -2.89. The van der Waals surface area contributed by atoms with Crippen molar-refractivity contribution in [2.24, 2.45) is 0 Å². The Morgan fingerprint density at radius 1 is 0.273 bits per heavy atom. The van der Waals surface area contributed by atoms with E-state index in [1.165, 1.54) is 225 Å². The molecule has 1 unspecified atom stereocenters. The molecule has 77 heavy (non-hydrogen) atoms. The van der Waals surface area contributed by atoms with Crippen LogP contribution < -0.4 is 0 Å². The van der Waals surface area contributed by atoms with Crippen LogP contribution in [-0.4, -0.2) is 37.2 Å². The fourth-order valence-corrected chi connectivity index (χ4v) is 10.0. The topological polar surface area (TPSA) is 78.9 Å². The summed E-state index contributed by atoms with van der Waals surface area (Å²) >= 11 is 0. The van der Waals surface area contributed by atoms with Gasteiger partial charge in [-0.15, -0.1) is 0 Å². The van der Waals surface area contributed by atoms with E-state index < -0.39 is 6.10 Å². The van der Waals surface area contributed by atoms with Gasteiger partial charge in [-0.3, -0.25) is 14.4 Å². The smallest absolute Gasteiger partial charge is 0.306 e. The number of rotatable bonds is 62. The highest BCUT2D eigenvalue weighted by atomic mass is 16.6. The number of hydrogen-bond donors (Lipinski definition) is 0. The van der Waals surface area contributed by atoms with Crippen molar-refractivity contribution in [2.75, 3.05) is 13.2 Å². The minimum Gasteiger partial charge on any atom is -0.462 e. The van der Waals surface area contributed by atoms with Crippen molar-refractivity contribution in [3.8, 4) is 0 Å². The van der Waals surface area contributed by atoms with E-state index >= 15 is 0 Å². The molecular weight excluding hydrogens is 949 g/mol. The summed E-state index contributed by atoms with van der Waals surface area (Å²) < 4.78 is 17.0. The average molecular weight is 1080 g/mol. The van der Waals surface area contributed by atoms with E-state index in [-0.39, 0.29) is 31.1 Å². The summed E-state index contributed by atoms with van der Waals surface area (Å²) in [7, 11) is 0. The second kappa shape index (κ2) is 65.6. The third-order valence-electron chi connectivity index (χ3n) is 15.0. The molecule has 0 bridgehead atoms. The molecule has 0 radical (unpaired) electrons. The number of esters is 3. The van der Waals surface area contributed by atoms with Crippen molar-refractivity contribution < 1.29 is 28.6 Å². The number of hydrogen-bond acceptors (Lipinski definition) is 6. The van der Waals surface area contributed by atoms with Crippen LogP contribution in [0, 0.1) is 0 Å². The number of allylic oxidation sites excluding steroid dienone is 10. The van der Waals surface area contributed by atoms with Crippen LogP contribution in [0.1, 0.15) is 355 Å². The lowest BCUT2D eigenvalue weighted by atomic mass is 10.0. The van der Waals surface area contributed by atoms with Gasteiger partial charge in [0.2, 0.25) is 0 Å². The number of carbonyl (C=O) groups is 3. The first-order valence-corrected chi connectivity index (χ1v) is 33.8. The highest BCUT2D eigenvalue weighted by Crippen LogP contribution is 2.18. The predicted octanol–water partition coefficient (Wildman–Crippen LogP) is 23.1. The van der Waals surface area contributed by atoms with E-state index in [1.54, 1.807) is 0 Å². The van der Waals surface area contributed by atoms with Gasteiger partial charge in [-0.2, -0.15) is 0 Å². The summed E-state index contributed by atoms with van der Waals surface area (Å²) in [6.07, 6.45) is 83.8. The molecule has 6 heteroatoms. The quantitative estimate of drug-likeness (QED) is 0.0261. The molecule has 0 aromatic heterocycles. The average Bonchev–Trinajstić information content (AvgIpc) is 3.43. The zero-order chi connectivity index (χ0) is 55.7. The summed E-state index contributed by atoms with van der Waals surface area (Å²) in [6.45, 7) is 6.58. The van der Waals surface area contributed by atoms with Gasteiger partial charge >= 0.3 is 17.9 Å². The molecule has 0 heterocycles. The van der Waals surface area contributed by atoms with Crippen LogP contribution in [0.2, 0.25) is 0 Å². The maximum Gasteiger partial charge on any atom is 0.306 e. The Morgan fingerprint density at radius 2 is 0.506 bits per heavy atom. The fourth-order valence-electron chi connectivity index (χ4n) is 10.0. The predicted molar refractivity (Wildman–Crippen MR) is 335 cm³/mol. The van der Waals surface area contributed by atoms with Gasteiger partial charge < -0.3 is 14.2 Å². The standard InChI is InChI=1S/C71H128O6/c1-4-7-10-13-16-19-22-25-27-29-31-33-34-35-36-37-38-39-41-42-44-46-49-52-55-58-61-64-70(73)76-67-68(66-75-69(72)63-60-57-54-51-48-24-21-18-15-12-9-6-3)77-71(74)65-62-59-56-53-50-47-45-43-40-32-30-28-26-23-20-17-14-11-8-5-2/h7,10,16,19,25,27,31,33,35-36,68H,4-6,8-9,11-15,17-18,20-24,26,28-30,32,34,37-67H2,1-3H3/b10-7-,19-16-,27-25-,33-31-,36-35-. The van der Waals surface area contributed by atoms with Crippen LogP contribution in [0.15, 0.2) is 60.8 Å². The third kappa shape index (κ3) is 63.8. The second-order valence-corrected chi connectivity index (χ2v) is 22.7. The molecule has 0 aliphatic heterocycles. The van der Waals surface area contributed by atoms with E-state index in [2.05, 4.69) is 81.5 Å². The van der Waals surface area contributed by atoms with Gasteiger partial charge in [0.15, 0.2) is 6.10 Å². The fraction of sp³-hybridized carbons (Fsp3) is 0.817. The van der Waals surface area contributed by atoms with Gasteiger partial charge in [-0.1, -0.05) is 332 Å². The van der Waals surface area contributed by atoms with Crippen LogP contribution in [0.25, 0.3) is 0 Å². The summed E-state index contributed by atoms with van der Waals surface area (Å²) in [5.74, 6) is -0.849. The maximum atomic E-state index is 12.9. The van der Waals surface area contributed by atoms with Gasteiger partial charge in [-0.25, -0.2) is 0 Å². The molecule has 0 N–H and O–H groups in total. The first-order valence-electron chi connectivity index (χ1n) is 33.8. The molecule has 1 atom stereocenters. The van der Waals surface area contributed by atoms with Crippen LogP contribution in [-0.2, 0) is 28.6 Å². The third-order valence-corrected chi connectivity index (χ3v) is 15.0. The lowest BCUT2D eigenvalue weighted by molar-refractivity contribution is -0.167. The molecule has 448 valence electrons. The van der Waals surface area contributed by atoms with Gasteiger partial charge in [-0.05, 0) is 64.2 Å². The summed E-state index contributed by atoms with van der Waals surface area (Å²) in [5.41, 5.74) is 0. The number of unbranched alkanes of at least 4 members (excludes halogenated alkanes) is 41. The van der Waals surface area contributed by atoms with Crippen LogP contribution in [0.3, 0.4) is 0 Å². The largest absolute Gasteiger partial charge is 0.462 e. The molecule has 0 fully saturated rings. The highest BCUT2D eigenvalue weighted by Gasteiger charge is 2.19. The Morgan fingerprint density at radius 3 is 0.792 bits per heavy atom. The van der Waals surface area contributed by atoms with Crippen molar-refractivity contribution in [1.29, 1.82) is 0 Å². The molecule has 0 amide bonds. The monoisotopic (exact) mass is 1080 g/mol. The number of carbonyl (C=O) groups excluding carboxylic acids is 3. The van der Waals surface area contributed by atoms with Crippen molar-refractivity contribution in [2.45, 2.75) is 361 Å². The zero-order valence-electron chi connectivity index (χ0n) is 51.5. The maximum absolute atomic E-state index is 12.9. The van der Waals surface area contributed by atoms with Gasteiger partial charge in [0.25, 0.3) is 0 Å². The first-order chi connectivity index (χ1) is 38.0. The highest BCUT2D eigenvalue weighted by molar-refractivity contribution is 5.71. The minimum atomic E-state index is -0.772. The Balaban J connectivity index is 4.24. The molecule has 0 aromatic carbocycles. The summed E-state index contributed by atoms with van der Waals surface area (Å²) in [5, 5.41) is 0. The van der Waals surface area contributed by atoms with Crippen LogP contribution in [0.4, 0.5) is 0 Å². The first kappa shape index (κ1) is 74.1. The van der Waals surface area contributed by atoms with E-state index in [4.69, 9.17) is 14.2 Å². The van der Waals surface area contributed by atoms with Crippen molar-refractivity contribution in [3.63, 3.8) is 0 Å². The Kier molecular flexibility index (Phi) is 63.2. The van der Waals surface area contributed by atoms with E-state index in [9.17, 15) is 14.4 Å². The molecule has 0 saturated heterocycles. The molecule has 0 spiro atoms. The van der Waals surface area contributed by atoms with Crippen molar-refractivity contribution >= 4 is 17.9 Å². The normalized spacial score (nSPS) is 12.4. The van der Waals surface area contributed by atoms with E-state index in [0.29, 0.717) is 19.3 Å². The van der Waals surface area contributed by atoms with Crippen LogP contribution >= 0.6 is 0 Å². The molecule has 0 aliphatic carbocycles. The molecule has 6 nitrogen and oxygen atoms in total. The van der Waals surface area contributed by atoms with Crippen LogP contribution in [0.5, 0.6) is 0 Å². The van der Waals surface area contributed by atoms with Gasteiger partial charge in [0.05, 0.1) is 0 Å². The van der Waals surface area contributed by atoms with Gasteiger partial charge in [0.1, 0.15) is 13.2 Å². The molecule has 0 aliphatic rings. The Labute approximate surface area is 479 Å². The lowest BCUT2D eigenvalue weighted by Crippen LogP contribution is -2.30. The van der Waals surface area contributed by atoms with Crippen molar-refractivity contribution in [1.82, 2.24) is 0 Å². The van der Waals surface area contributed by atoms with Crippen molar-refractivity contribution in [3.05, 3.63) is 60.8 Å². The van der Waals surface area contributed by atoms with Gasteiger partial charge in [0, 0.05) is 19.3 Å². The molecule has 0 rings (SSSR count). The number of ether oxygens (including phenoxy) is 3. The van der Waals surface area contributed by atoms with E-state index in [0.717, 1.165) is 89.9 Å². The second-order valence-electron chi connectivity index (χ2n) is 22.7. The summed E-state index contributed by atoms with van der Waals surface area (Å²) in [4.78, 5) is 38.3. The van der Waals surface area contributed by atoms with E-state index in [1.807, 2.05) is 0 Å². The SMILES string of the molecule is CC/C=C\C/C=C\C/C=C\C/C=C\C/C=C\CCCCCCCCCCCCCC(=O)OCC(COC(=O)CCCCCCCCCCCCCC)OC(=O)CCCCCCCCCCCCCCCCCCCCCC. The summed E-state index contributed by atoms with van der Waals surface area (Å²) in [6, 6.07) is 0.